The van der Waals surface area contributed by atoms with Gasteiger partial charge in [0, 0.05) is 13.0 Å². The highest BCUT2D eigenvalue weighted by Crippen LogP contribution is 2.18. The standard InChI is InChI=1S/C13H21NO2/c1-10(2)11-3-5-13(6-4-11)16-8-7-12(15)9-14/h3-6,10,12,15H,7-9,14H2,1-2H3. The van der Waals surface area contributed by atoms with Gasteiger partial charge >= 0.3 is 0 Å². The first kappa shape index (κ1) is 13.0. The second-order valence-electron chi connectivity index (χ2n) is 4.25. The van der Waals surface area contributed by atoms with Gasteiger partial charge in [-0.05, 0) is 23.6 Å². The van der Waals surface area contributed by atoms with Gasteiger partial charge in [-0.1, -0.05) is 26.0 Å². The molecule has 1 atom stereocenters. The van der Waals surface area contributed by atoms with Crippen LogP contribution in [0, 0.1) is 0 Å². The summed E-state index contributed by atoms with van der Waals surface area (Å²) >= 11 is 0. The summed E-state index contributed by atoms with van der Waals surface area (Å²) in [6.45, 7) is 5.11. The molecule has 0 amide bonds. The van der Waals surface area contributed by atoms with Crippen molar-refractivity contribution >= 4 is 0 Å². The molecule has 3 N–H and O–H groups in total. The molecule has 90 valence electrons. The van der Waals surface area contributed by atoms with Crippen molar-refractivity contribution in [1.29, 1.82) is 0 Å². The Labute approximate surface area is 97.2 Å². The van der Waals surface area contributed by atoms with E-state index in [2.05, 4.69) is 26.0 Å². The first-order valence-electron chi connectivity index (χ1n) is 5.74. The maximum Gasteiger partial charge on any atom is 0.119 e. The summed E-state index contributed by atoms with van der Waals surface area (Å²) in [7, 11) is 0. The molecule has 0 saturated heterocycles. The fourth-order valence-electron chi connectivity index (χ4n) is 1.38. The second kappa shape index (κ2) is 6.51. The van der Waals surface area contributed by atoms with Gasteiger partial charge in [0.15, 0.2) is 0 Å². The molecule has 1 unspecified atom stereocenters. The SMILES string of the molecule is CC(C)c1ccc(OCCC(O)CN)cc1. The zero-order valence-electron chi connectivity index (χ0n) is 10.0. The highest BCUT2D eigenvalue weighted by molar-refractivity contribution is 5.28. The third-order valence-corrected chi connectivity index (χ3v) is 2.54. The molecule has 3 nitrogen and oxygen atoms in total. The third-order valence-electron chi connectivity index (χ3n) is 2.54. The van der Waals surface area contributed by atoms with Crippen molar-refractivity contribution in [2.24, 2.45) is 5.73 Å². The van der Waals surface area contributed by atoms with Gasteiger partial charge in [0.2, 0.25) is 0 Å². The van der Waals surface area contributed by atoms with Crippen LogP contribution in [0.1, 0.15) is 31.7 Å². The lowest BCUT2D eigenvalue weighted by Crippen LogP contribution is -2.21. The van der Waals surface area contributed by atoms with Crippen LogP contribution in [0.25, 0.3) is 0 Å². The molecule has 0 aliphatic carbocycles. The molecule has 0 aliphatic heterocycles. The maximum absolute atomic E-state index is 9.25. The molecule has 0 saturated carbocycles. The van der Waals surface area contributed by atoms with Crippen LogP contribution in [0.15, 0.2) is 24.3 Å². The minimum absolute atomic E-state index is 0.287. The number of benzene rings is 1. The lowest BCUT2D eigenvalue weighted by atomic mass is 10.0. The summed E-state index contributed by atoms with van der Waals surface area (Å²) in [5.74, 6) is 1.38. The van der Waals surface area contributed by atoms with Crippen LogP contribution in [0.2, 0.25) is 0 Å². The van der Waals surface area contributed by atoms with Crippen LogP contribution in [-0.2, 0) is 0 Å². The van der Waals surface area contributed by atoms with Crippen molar-refractivity contribution in [3.8, 4) is 5.75 Å². The van der Waals surface area contributed by atoms with Crippen LogP contribution in [0.4, 0.5) is 0 Å². The number of rotatable bonds is 6. The van der Waals surface area contributed by atoms with E-state index in [-0.39, 0.29) is 6.54 Å². The predicted molar refractivity (Wildman–Crippen MR) is 65.7 cm³/mol. The zero-order chi connectivity index (χ0) is 12.0. The topological polar surface area (TPSA) is 55.5 Å². The Morgan fingerprint density at radius 3 is 2.38 bits per heavy atom. The Morgan fingerprint density at radius 1 is 1.25 bits per heavy atom. The van der Waals surface area contributed by atoms with E-state index in [0.29, 0.717) is 18.9 Å². The maximum atomic E-state index is 9.25. The molecule has 1 aromatic rings. The highest BCUT2D eigenvalue weighted by atomic mass is 16.5. The van der Waals surface area contributed by atoms with E-state index in [1.165, 1.54) is 5.56 Å². The van der Waals surface area contributed by atoms with E-state index in [1.54, 1.807) is 0 Å². The van der Waals surface area contributed by atoms with E-state index in [9.17, 15) is 5.11 Å². The van der Waals surface area contributed by atoms with Gasteiger partial charge in [0.1, 0.15) is 5.75 Å². The Morgan fingerprint density at radius 2 is 1.88 bits per heavy atom. The predicted octanol–water partition coefficient (Wildman–Crippen LogP) is 1.90. The molecule has 0 spiro atoms. The molecule has 0 fully saturated rings. The van der Waals surface area contributed by atoms with Gasteiger partial charge in [-0.2, -0.15) is 0 Å². The first-order valence-corrected chi connectivity index (χ1v) is 5.74. The molecular weight excluding hydrogens is 202 g/mol. The van der Waals surface area contributed by atoms with Crippen LogP contribution >= 0.6 is 0 Å². The molecular formula is C13H21NO2. The van der Waals surface area contributed by atoms with Gasteiger partial charge < -0.3 is 15.6 Å². The smallest absolute Gasteiger partial charge is 0.119 e. The molecule has 0 heterocycles. The molecule has 16 heavy (non-hydrogen) atoms. The summed E-state index contributed by atoms with van der Waals surface area (Å²) in [5, 5.41) is 9.25. The number of aliphatic hydroxyl groups excluding tert-OH is 1. The van der Waals surface area contributed by atoms with Crippen molar-refractivity contribution in [3.63, 3.8) is 0 Å². The van der Waals surface area contributed by atoms with Gasteiger partial charge in [-0.15, -0.1) is 0 Å². The van der Waals surface area contributed by atoms with Crippen LogP contribution < -0.4 is 10.5 Å². The first-order chi connectivity index (χ1) is 7.63. The molecule has 1 rings (SSSR count). The summed E-state index contributed by atoms with van der Waals surface area (Å²) in [6.07, 6.45) is 0.109. The van der Waals surface area contributed by atoms with E-state index in [0.717, 1.165) is 5.75 Å². The fraction of sp³-hybridized carbons (Fsp3) is 0.538. The number of nitrogens with two attached hydrogens (primary N) is 1. The Bertz CT molecular complexity index is 295. The zero-order valence-corrected chi connectivity index (χ0v) is 10.0. The minimum Gasteiger partial charge on any atom is -0.493 e. The average molecular weight is 223 g/mol. The van der Waals surface area contributed by atoms with Gasteiger partial charge in [-0.3, -0.25) is 0 Å². The van der Waals surface area contributed by atoms with Crippen LogP contribution in [-0.4, -0.2) is 24.4 Å². The summed E-state index contributed by atoms with van der Waals surface area (Å²) < 4.78 is 5.50. The number of hydrogen-bond acceptors (Lipinski definition) is 3. The van der Waals surface area contributed by atoms with Gasteiger partial charge in [0.25, 0.3) is 0 Å². The molecule has 0 bridgehead atoms. The third kappa shape index (κ3) is 4.21. The number of aliphatic hydroxyl groups is 1. The largest absolute Gasteiger partial charge is 0.493 e. The normalized spacial score (nSPS) is 12.8. The van der Waals surface area contributed by atoms with Gasteiger partial charge in [-0.25, -0.2) is 0 Å². The minimum atomic E-state index is -0.463. The summed E-state index contributed by atoms with van der Waals surface area (Å²) in [6, 6.07) is 8.06. The Balaban J connectivity index is 2.38. The molecule has 0 aliphatic rings. The average Bonchev–Trinajstić information content (AvgIpc) is 2.29. The lowest BCUT2D eigenvalue weighted by Gasteiger charge is -2.10. The van der Waals surface area contributed by atoms with Crippen LogP contribution in [0.3, 0.4) is 0 Å². The van der Waals surface area contributed by atoms with Gasteiger partial charge in [0.05, 0.1) is 12.7 Å². The Hall–Kier alpha value is -1.06. The van der Waals surface area contributed by atoms with Crippen molar-refractivity contribution < 1.29 is 9.84 Å². The van der Waals surface area contributed by atoms with Crippen molar-refractivity contribution in [2.75, 3.05) is 13.2 Å². The Kier molecular flexibility index (Phi) is 5.29. The fourth-order valence-corrected chi connectivity index (χ4v) is 1.38. The quantitative estimate of drug-likeness (QED) is 0.774. The highest BCUT2D eigenvalue weighted by Gasteiger charge is 2.02. The summed E-state index contributed by atoms with van der Waals surface area (Å²) in [5.41, 5.74) is 6.60. The monoisotopic (exact) mass is 223 g/mol. The van der Waals surface area contributed by atoms with Crippen molar-refractivity contribution in [1.82, 2.24) is 0 Å². The molecule has 3 heteroatoms. The van der Waals surface area contributed by atoms with E-state index >= 15 is 0 Å². The van der Waals surface area contributed by atoms with E-state index in [1.807, 2.05) is 12.1 Å². The molecule has 0 radical (unpaired) electrons. The second-order valence-corrected chi connectivity index (χ2v) is 4.25. The van der Waals surface area contributed by atoms with Crippen LogP contribution in [0.5, 0.6) is 5.75 Å². The van der Waals surface area contributed by atoms with E-state index in [4.69, 9.17) is 10.5 Å². The molecule has 0 aromatic heterocycles. The summed E-state index contributed by atoms with van der Waals surface area (Å²) in [4.78, 5) is 0. The van der Waals surface area contributed by atoms with Crippen molar-refractivity contribution in [3.05, 3.63) is 29.8 Å². The van der Waals surface area contributed by atoms with Crippen molar-refractivity contribution in [2.45, 2.75) is 32.3 Å². The number of hydrogen-bond donors (Lipinski definition) is 2. The van der Waals surface area contributed by atoms with E-state index < -0.39 is 6.10 Å². The number of ether oxygens (including phenoxy) is 1. The molecule has 1 aromatic carbocycles. The lowest BCUT2D eigenvalue weighted by molar-refractivity contribution is 0.146.